The molecule has 4 saturated carbocycles. The summed E-state index contributed by atoms with van der Waals surface area (Å²) in [5, 5.41) is 9.90. The van der Waals surface area contributed by atoms with Crippen molar-refractivity contribution in [2.45, 2.75) is 71.6 Å². The molecule has 4 aliphatic rings. The Balaban J connectivity index is 1.75. The third-order valence-corrected chi connectivity index (χ3v) is 8.54. The van der Waals surface area contributed by atoms with Crippen molar-refractivity contribution >= 4 is 5.97 Å². The summed E-state index contributed by atoms with van der Waals surface area (Å²) >= 11 is 0. The molecule has 0 aromatic rings. The first-order valence-corrected chi connectivity index (χ1v) is 9.23. The third-order valence-electron chi connectivity index (χ3n) is 8.54. The largest absolute Gasteiger partial charge is 0.481 e. The van der Waals surface area contributed by atoms with Crippen molar-refractivity contribution in [3.05, 3.63) is 12.2 Å². The summed E-state index contributed by atoms with van der Waals surface area (Å²) in [5.74, 6) is 1.32. The molecule has 0 aliphatic heterocycles. The van der Waals surface area contributed by atoms with Gasteiger partial charge in [0.25, 0.3) is 0 Å². The van der Waals surface area contributed by atoms with E-state index in [0.717, 1.165) is 31.1 Å². The van der Waals surface area contributed by atoms with E-state index in [9.17, 15) is 9.90 Å². The van der Waals surface area contributed by atoms with Crippen molar-refractivity contribution in [1.29, 1.82) is 0 Å². The van der Waals surface area contributed by atoms with Crippen LogP contribution in [-0.4, -0.2) is 11.1 Å². The zero-order valence-electron chi connectivity index (χ0n) is 14.2. The normalized spacial score (nSPS) is 53.7. The van der Waals surface area contributed by atoms with E-state index in [4.69, 9.17) is 0 Å². The van der Waals surface area contributed by atoms with Crippen molar-refractivity contribution < 1.29 is 9.90 Å². The molecule has 22 heavy (non-hydrogen) atoms. The second-order valence-corrected chi connectivity index (χ2v) is 9.40. The summed E-state index contributed by atoms with van der Waals surface area (Å²) in [6.07, 6.45) is 10.8. The van der Waals surface area contributed by atoms with E-state index in [-0.39, 0.29) is 5.41 Å². The number of carboxylic acids is 1. The quantitative estimate of drug-likeness (QED) is 0.689. The van der Waals surface area contributed by atoms with Gasteiger partial charge in [-0.3, -0.25) is 4.79 Å². The predicted molar refractivity (Wildman–Crippen MR) is 87.4 cm³/mol. The lowest BCUT2D eigenvalue weighted by Gasteiger charge is -2.63. The van der Waals surface area contributed by atoms with Crippen molar-refractivity contribution in [3.63, 3.8) is 0 Å². The summed E-state index contributed by atoms with van der Waals surface area (Å²) in [6.45, 7) is 8.86. The predicted octanol–water partition coefficient (Wildman–Crippen LogP) is 5.04. The van der Waals surface area contributed by atoms with Gasteiger partial charge in [-0.2, -0.15) is 0 Å². The highest BCUT2D eigenvalue weighted by Crippen LogP contribution is 2.72. The van der Waals surface area contributed by atoms with Gasteiger partial charge in [0.2, 0.25) is 0 Å². The number of fused-ring (bicyclic) bond motifs is 3. The molecule has 1 spiro atoms. The first kappa shape index (κ1) is 14.8. The molecule has 0 amide bonds. The Bertz CT molecular complexity index is 538. The maximum Gasteiger partial charge on any atom is 0.309 e. The minimum Gasteiger partial charge on any atom is -0.481 e. The molecule has 4 aliphatic carbocycles. The van der Waals surface area contributed by atoms with E-state index in [1.54, 1.807) is 0 Å². The van der Waals surface area contributed by atoms with Crippen LogP contribution < -0.4 is 0 Å². The van der Waals surface area contributed by atoms with E-state index in [1.165, 1.54) is 44.1 Å². The van der Waals surface area contributed by atoms with Gasteiger partial charge in [-0.1, -0.05) is 25.5 Å². The molecule has 4 rings (SSSR count). The molecule has 0 radical (unpaired) electrons. The first-order valence-electron chi connectivity index (χ1n) is 9.23. The fraction of sp³-hybridized carbons (Fsp3) is 0.850. The lowest BCUT2D eigenvalue weighted by atomic mass is 9.41. The van der Waals surface area contributed by atoms with Crippen LogP contribution in [0.1, 0.15) is 71.6 Å². The summed E-state index contributed by atoms with van der Waals surface area (Å²) in [4.78, 5) is 12.0. The molecular formula is C20H30O2. The minimum absolute atomic E-state index is 0.235. The highest BCUT2D eigenvalue weighted by atomic mass is 16.4. The molecule has 2 heteroatoms. The molecule has 6 atom stereocenters. The van der Waals surface area contributed by atoms with Crippen LogP contribution >= 0.6 is 0 Å². The second-order valence-electron chi connectivity index (χ2n) is 9.40. The highest BCUT2D eigenvalue weighted by Gasteiger charge is 2.64. The molecule has 122 valence electrons. The Hall–Kier alpha value is -0.790. The highest BCUT2D eigenvalue weighted by molar-refractivity contribution is 5.75. The number of hydrogen-bond donors (Lipinski definition) is 1. The molecular weight excluding hydrogens is 272 g/mol. The molecule has 2 unspecified atom stereocenters. The average Bonchev–Trinajstić information content (AvgIpc) is 2.68. The summed E-state index contributed by atoms with van der Waals surface area (Å²) in [7, 11) is 0. The molecule has 0 saturated heterocycles. The maximum atomic E-state index is 12.0. The fourth-order valence-corrected chi connectivity index (χ4v) is 7.61. The van der Waals surface area contributed by atoms with Crippen LogP contribution in [0.5, 0.6) is 0 Å². The van der Waals surface area contributed by atoms with Gasteiger partial charge in [-0.15, -0.1) is 0 Å². The standard InChI is InChI=1S/C20H30O2/c1-13-11-20-10-7-15-18(2,16(20)6-5-14(13)12-20)8-4-9-19(15,3)17(21)22/h14-16H,1,4-12H2,2-3H3,(H,21,22)/t14-,15?,16?,18-,19-,20-/m1/s1. The lowest BCUT2D eigenvalue weighted by molar-refractivity contribution is -0.181. The van der Waals surface area contributed by atoms with Crippen LogP contribution in [0, 0.1) is 34.0 Å². The van der Waals surface area contributed by atoms with Crippen molar-refractivity contribution in [1.82, 2.24) is 0 Å². The van der Waals surface area contributed by atoms with Crippen LogP contribution in [0.3, 0.4) is 0 Å². The van der Waals surface area contributed by atoms with Crippen LogP contribution in [-0.2, 0) is 4.79 Å². The van der Waals surface area contributed by atoms with Gasteiger partial charge in [0.15, 0.2) is 0 Å². The smallest absolute Gasteiger partial charge is 0.309 e. The SMILES string of the molecule is C=C1C[C@@]23CCC4[C@@](C)(CCC[C@@]4(C)C(=O)O)C2CC[C@@H]1C3. The van der Waals surface area contributed by atoms with Gasteiger partial charge < -0.3 is 5.11 Å². The van der Waals surface area contributed by atoms with Gasteiger partial charge in [0, 0.05) is 0 Å². The molecule has 0 heterocycles. The fourth-order valence-electron chi connectivity index (χ4n) is 7.61. The Kier molecular flexibility index (Phi) is 2.95. The van der Waals surface area contributed by atoms with Crippen LogP contribution in [0.2, 0.25) is 0 Å². The molecule has 4 fully saturated rings. The maximum absolute atomic E-state index is 12.0. The number of allylic oxidation sites excluding steroid dienone is 1. The van der Waals surface area contributed by atoms with Crippen LogP contribution in [0.15, 0.2) is 12.2 Å². The van der Waals surface area contributed by atoms with Crippen molar-refractivity contribution in [3.8, 4) is 0 Å². The van der Waals surface area contributed by atoms with Gasteiger partial charge in [-0.05, 0) is 86.9 Å². The van der Waals surface area contributed by atoms with E-state index >= 15 is 0 Å². The zero-order valence-corrected chi connectivity index (χ0v) is 14.2. The Morgan fingerprint density at radius 1 is 1.14 bits per heavy atom. The topological polar surface area (TPSA) is 37.3 Å². The van der Waals surface area contributed by atoms with E-state index < -0.39 is 11.4 Å². The van der Waals surface area contributed by atoms with E-state index in [1.807, 2.05) is 6.92 Å². The Morgan fingerprint density at radius 2 is 1.91 bits per heavy atom. The van der Waals surface area contributed by atoms with Crippen LogP contribution in [0.4, 0.5) is 0 Å². The second kappa shape index (κ2) is 4.39. The molecule has 1 N–H and O–H groups in total. The van der Waals surface area contributed by atoms with Crippen molar-refractivity contribution in [2.24, 2.45) is 34.0 Å². The summed E-state index contributed by atoms with van der Waals surface area (Å²) in [6, 6.07) is 0. The van der Waals surface area contributed by atoms with E-state index in [2.05, 4.69) is 13.5 Å². The number of hydrogen-bond acceptors (Lipinski definition) is 1. The Morgan fingerprint density at radius 3 is 2.64 bits per heavy atom. The number of carboxylic acid groups (broad SMARTS) is 1. The molecule has 2 bridgehead atoms. The zero-order chi connectivity index (χ0) is 15.8. The number of carbonyl (C=O) groups is 1. The van der Waals surface area contributed by atoms with Gasteiger partial charge in [-0.25, -0.2) is 0 Å². The van der Waals surface area contributed by atoms with Crippen LogP contribution in [0.25, 0.3) is 0 Å². The average molecular weight is 302 g/mol. The molecule has 0 aromatic heterocycles. The minimum atomic E-state index is -0.552. The lowest BCUT2D eigenvalue weighted by Crippen LogP contribution is -2.58. The monoisotopic (exact) mass is 302 g/mol. The molecule has 2 nitrogen and oxygen atoms in total. The van der Waals surface area contributed by atoms with Crippen molar-refractivity contribution in [2.75, 3.05) is 0 Å². The van der Waals surface area contributed by atoms with Gasteiger partial charge in [0.1, 0.15) is 0 Å². The Labute approximate surface area is 134 Å². The summed E-state index contributed by atoms with van der Waals surface area (Å²) in [5.41, 5.74) is 1.71. The van der Waals surface area contributed by atoms with Gasteiger partial charge >= 0.3 is 5.97 Å². The number of aliphatic carboxylic acids is 1. The number of rotatable bonds is 1. The summed E-state index contributed by atoms with van der Waals surface area (Å²) < 4.78 is 0. The third kappa shape index (κ3) is 1.65. The first-order chi connectivity index (χ1) is 10.3. The van der Waals surface area contributed by atoms with Gasteiger partial charge in [0.05, 0.1) is 5.41 Å². The molecule has 0 aromatic carbocycles. The van der Waals surface area contributed by atoms with E-state index in [0.29, 0.717) is 11.3 Å².